The van der Waals surface area contributed by atoms with Crippen molar-refractivity contribution in [2.24, 2.45) is 0 Å². The van der Waals surface area contributed by atoms with E-state index in [4.69, 9.17) is 0 Å². The third-order valence-corrected chi connectivity index (χ3v) is 3.77. The molecule has 0 fully saturated rings. The monoisotopic (exact) mass is 306 g/mol. The van der Waals surface area contributed by atoms with Gasteiger partial charge in [-0.1, -0.05) is 0 Å². The number of rotatable bonds is 5. The fourth-order valence-corrected chi connectivity index (χ4v) is 2.15. The number of halogens is 2. The summed E-state index contributed by atoms with van der Waals surface area (Å²) in [6.07, 6.45) is 4.47. The number of carbonyl (C=O) groups is 1. The van der Waals surface area contributed by atoms with Gasteiger partial charge >= 0.3 is 7.47 Å². The Morgan fingerprint density at radius 3 is 1.95 bits per heavy atom. The van der Waals surface area contributed by atoms with E-state index in [0.29, 0.717) is 11.4 Å². The smallest absolute Gasteiger partial charge is 0.503 e. The average molecular weight is 306 g/mol. The van der Waals surface area contributed by atoms with Crippen LogP contribution in [0, 0.1) is 27.7 Å². The van der Waals surface area contributed by atoms with Gasteiger partial charge in [-0.3, -0.25) is 4.79 Å². The van der Waals surface area contributed by atoms with Crippen LogP contribution in [0.4, 0.5) is 8.63 Å². The number of nitrogens with one attached hydrogen (secondary N) is 2. The van der Waals surface area contributed by atoms with Crippen LogP contribution in [0.3, 0.4) is 0 Å². The zero-order valence-corrected chi connectivity index (χ0v) is 12.9. The van der Waals surface area contributed by atoms with Crippen LogP contribution in [0.1, 0.15) is 38.4 Å². The third-order valence-electron chi connectivity index (χ3n) is 3.77. The maximum atomic E-state index is 12.6. The van der Waals surface area contributed by atoms with E-state index in [1.54, 1.807) is 26.2 Å². The molecule has 2 rings (SSSR count). The van der Waals surface area contributed by atoms with Gasteiger partial charge in [0.25, 0.3) is 0 Å². The second-order valence-corrected chi connectivity index (χ2v) is 5.19. The summed E-state index contributed by atoms with van der Waals surface area (Å²) in [4.78, 5) is 18.0. The van der Waals surface area contributed by atoms with Gasteiger partial charge in [0, 0.05) is 18.5 Å². The normalized spacial score (nSPS) is 11.6. The first kappa shape index (κ1) is 16.1. The highest BCUT2D eigenvalue weighted by atomic mass is 19.2. The molecule has 0 aliphatic rings. The van der Waals surface area contributed by atoms with Gasteiger partial charge in [0.2, 0.25) is 5.78 Å². The van der Waals surface area contributed by atoms with Gasteiger partial charge in [0.15, 0.2) is 0 Å². The van der Waals surface area contributed by atoms with Gasteiger partial charge in [-0.25, -0.2) is 8.63 Å². The van der Waals surface area contributed by atoms with Gasteiger partial charge in [-0.05, 0) is 49.9 Å². The topological polar surface area (TPSA) is 57.9 Å². The van der Waals surface area contributed by atoms with Crippen LogP contribution < -0.4 is 0 Å². The fraction of sp³-hybridized carbons (Fsp3) is 0.267. The van der Waals surface area contributed by atoms with E-state index >= 15 is 0 Å². The van der Waals surface area contributed by atoms with Crippen molar-refractivity contribution < 1.29 is 18.1 Å². The number of carbonyl (C=O) groups excluding carboxylic acids is 1. The van der Waals surface area contributed by atoms with Crippen molar-refractivity contribution in [1.82, 2.24) is 9.97 Å². The number of ketones is 1. The summed E-state index contributed by atoms with van der Waals surface area (Å²) in [6, 6.07) is 0. The molecule has 116 valence electrons. The molecule has 4 nitrogen and oxygen atoms in total. The Morgan fingerprint density at radius 1 is 1.05 bits per heavy atom. The molecule has 0 unspecified atom stereocenters. The molecular weight excluding hydrogens is 289 g/mol. The molecule has 2 heterocycles. The average Bonchev–Trinajstić information content (AvgIpc) is 2.94. The number of aromatic nitrogens is 2. The van der Waals surface area contributed by atoms with Crippen LogP contribution in [0.25, 0.3) is 5.76 Å². The molecule has 7 heteroatoms. The number of hydrogen-bond acceptors (Lipinski definition) is 2. The molecule has 0 radical (unpaired) electrons. The van der Waals surface area contributed by atoms with E-state index in [0.717, 1.165) is 28.3 Å². The SMILES string of the molecule is Cc1c[nH]c(C(=O)/C=C(/OB(F)F)c2[nH]cc(C)c2C)c1C. The molecule has 0 saturated heterocycles. The Labute approximate surface area is 127 Å². The number of allylic oxidation sites excluding steroid dienone is 1. The predicted molar refractivity (Wildman–Crippen MR) is 81.9 cm³/mol. The molecule has 22 heavy (non-hydrogen) atoms. The van der Waals surface area contributed by atoms with Crippen LogP contribution in [0.5, 0.6) is 0 Å². The summed E-state index contributed by atoms with van der Waals surface area (Å²) < 4.78 is 29.8. The van der Waals surface area contributed by atoms with Crippen LogP contribution in [0.2, 0.25) is 0 Å². The molecule has 0 aliphatic heterocycles. The van der Waals surface area contributed by atoms with Crippen molar-refractivity contribution in [1.29, 1.82) is 0 Å². The maximum absolute atomic E-state index is 12.6. The molecule has 0 aliphatic carbocycles. The number of aryl methyl sites for hydroxylation is 2. The minimum atomic E-state index is -3.01. The van der Waals surface area contributed by atoms with E-state index in [1.807, 2.05) is 13.8 Å². The Balaban J connectivity index is 2.43. The Kier molecular flexibility index (Phi) is 4.54. The molecular formula is C15H17BF2N2O2. The minimum Gasteiger partial charge on any atom is -0.503 e. The van der Waals surface area contributed by atoms with Gasteiger partial charge < -0.3 is 14.6 Å². The first-order valence-electron chi connectivity index (χ1n) is 6.81. The van der Waals surface area contributed by atoms with Gasteiger partial charge in [0.1, 0.15) is 5.76 Å². The van der Waals surface area contributed by atoms with Crippen LogP contribution >= 0.6 is 0 Å². The first-order valence-corrected chi connectivity index (χ1v) is 6.81. The van der Waals surface area contributed by atoms with Crippen molar-refractivity contribution in [3.63, 3.8) is 0 Å². The number of aromatic amines is 2. The molecule has 2 N–H and O–H groups in total. The Bertz CT molecular complexity index is 732. The van der Waals surface area contributed by atoms with Crippen molar-refractivity contribution in [3.8, 4) is 0 Å². The van der Waals surface area contributed by atoms with Crippen molar-refractivity contribution in [2.75, 3.05) is 0 Å². The molecule has 0 amide bonds. The van der Waals surface area contributed by atoms with Crippen LogP contribution in [-0.4, -0.2) is 23.2 Å². The number of hydrogen-bond donors (Lipinski definition) is 2. The summed E-state index contributed by atoms with van der Waals surface area (Å²) in [5, 5.41) is 0. The summed E-state index contributed by atoms with van der Waals surface area (Å²) in [6.45, 7) is 7.28. The summed E-state index contributed by atoms with van der Waals surface area (Å²) in [5.74, 6) is -0.579. The molecule has 0 spiro atoms. The molecule has 0 bridgehead atoms. The highest BCUT2D eigenvalue weighted by molar-refractivity contribution is 6.36. The minimum absolute atomic E-state index is 0.169. The van der Waals surface area contributed by atoms with Crippen molar-refractivity contribution in [3.05, 3.63) is 52.1 Å². The maximum Gasteiger partial charge on any atom is 0.796 e. The Morgan fingerprint density at radius 2 is 1.55 bits per heavy atom. The van der Waals surface area contributed by atoms with E-state index < -0.39 is 13.3 Å². The van der Waals surface area contributed by atoms with E-state index in [-0.39, 0.29) is 5.76 Å². The molecule has 2 aromatic rings. The number of H-pyrrole nitrogens is 2. The summed E-state index contributed by atoms with van der Waals surface area (Å²) >= 11 is 0. The fourth-order valence-electron chi connectivity index (χ4n) is 2.15. The second kappa shape index (κ2) is 6.21. The van der Waals surface area contributed by atoms with Gasteiger partial charge in [-0.2, -0.15) is 0 Å². The lowest BCUT2D eigenvalue weighted by Crippen LogP contribution is -2.08. The van der Waals surface area contributed by atoms with Gasteiger partial charge in [-0.15, -0.1) is 0 Å². The quantitative estimate of drug-likeness (QED) is 0.382. The van der Waals surface area contributed by atoms with Crippen LogP contribution in [0.15, 0.2) is 18.5 Å². The van der Waals surface area contributed by atoms with Crippen molar-refractivity contribution in [2.45, 2.75) is 27.7 Å². The standard InChI is InChI=1S/C15H17BF2N2O2/c1-8-6-19-14(10(8)3)12(21)5-13(22-16(17)18)15-11(4)9(2)7-20-15/h5-7,19-20H,1-4H3/b13-5+. The van der Waals surface area contributed by atoms with E-state index in [2.05, 4.69) is 14.6 Å². The summed E-state index contributed by atoms with van der Waals surface area (Å²) in [5.41, 5.74) is 4.13. The van der Waals surface area contributed by atoms with Gasteiger partial charge in [0.05, 0.1) is 11.4 Å². The second-order valence-electron chi connectivity index (χ2n) is 5.19. The third kappa shape index (κ3) is 3.13. The lowest BCUT2D eigenvalue weighted by atomic mass is 10.1. The highest BCUT2D eigenvalue weighted by Crippen LogP contribution is 2.24. The van der Waals surface area contributed by atoms with E-state index in [9.17, 15) is 13.4 Å². The zero-order valence-electron chi connectivity index (χ0n) is 12.9. The lowest BCUT2D eigenvalue weighted by Gasteiger charge is -2.08. The van der Waals surface area contributed by atoms with E-state index in [1.165, 1.54) is 0 Å². The molecule has 0 saturated carbocycles. The predicted octanol–water partition coefficient (Wildman–Crippen LogP) is 3.74. The largest absolute Gasteiger partial charge is 0.796 e. The molecule has 0 aromatic carbocycles. The summed E-state index contributed by atoms with van der Waals surface area (Å²) in [7, 11) is -3.01. The molecule has 0 atom stereocenters. The van der Waals surface area contributed by atoms with Crippen molar-refractivity contribution >= 4 is 19.0 Å². The molecule has 2 aromatic heterocycles. The van der Waals surface area contributed by atoms with Crippen LogP contribution in [-0.2, 0) is 4.65 Å². The zero-order chi connectivity index (χ0) is 16.4. The lowest BCUT2D eigenvalue weighted by molar-refractivity contribution is 0.104. The Hall–Kier alpha value is -2.31. The highest BCUT2D eigenvalue weighted by Gasteiger charge is 2.24. The first-order chi connectivity index (χ1) is 10.3.